The van der Waals surface area contributed by atoms with Crippen molar-refractivity contribution < 1.29 is 9.53 Å². The van der Waals surface area contributed by atoms with Crippen molar-refractivity contribution in [2.45, 2.75) is 13.8 Å². The van der Waals surface area contributed by atoms with Gasteiger partial charge in [-0.25, -0.2) is 9.78 Å². The Kier molecular flexibility index (Phi) is 5.80. The maximum absolute atomic E-state index is 12.6. The number of nitrogens with one attached hydrogen (secondary N) is 1. The van der Waals surface area contributed by atoms with Crippen LogP contribution < -0.4 is 15.1 Å². The van der Waals surface area contributed by atoms with Gasteiger partial charge in [0, 0.05) is 56.7 Å². The second-order valence-corrected chi connectivity index (χ2v) is 7.54. The van der Waals surface area contributed by atoms with Crippen LogP contribution in [0.3, 0.4) is 0 Å². The molecule has 1 N–H and O–H groups in total. The molecule has 3 heterocycles. The van der Waals surface area contributed by atoms with Gasteiger partial charge in [0.05, 0.1) is 13.2 Å². The van der Waals surface area contributed by atoms with E-state index < -0.39 is 0 Å². The summed E-state index contributed by atoms with van der Waals surface area (Å²) in [7, 11) is 0. The van der Waals surface area contributed by atoms with Gasteiger partial charge in [-0.3, -0.25) is 0 Å². The summed E-state index contributed by atoms with van der Waals surface area (Å²) in [5, 5.41) is 2.99. The second-order valence-electron chi connectivity index (χ2n) is 7.54. The van der Waals surface area contributed by atoms with Crippen molar-refractivity contribution in [1.29, 1.82) is 0 Å². The second kappa shape index (κ2) is 8.65. The monoisotopic (exact) mass is 396 g/mol. The molecule has 2 saturated heterocycles. The average molecular weight is 396 g/mol. The third kappa shape index (κ3) is 4.76. The number of hydrogen-bond acceptors (Lipinski definition) is 6. The number of carbonyl (C=O) groups is 1. The van der Waals surface area contributed by atoms with E-state index in [0.717, 1.165) is 55.0 Å². The summed E-state index contributed by atoms with van der Waals surface area (Å²) in [5.74, 6) is 1.70. The summed E-state index contributed by atoms with van der Waals surface area (Å²) in [4.78, 5) is 28.3. The number of aryl methyl sites for hydroxylation is 2. The van der Waals surface area contributed by atoms with E-state index in [2.05, 4.69) is 20.1 Å². The lowest BCUT2D eigenvalue weighted by Gasteiger charge is -2.35. The Morgan fingerprint density at radius 1 is 0.966 bits per heavy atom. The molecule has 8 heteroatoms. The van der Waals surface area contributed by atoms with E-state index in [1.54, 1.807) is 0 Å². The van der Waals surface area contributed by atoms with Gasteiger partial charge in [0.2, 0.25) is 5.95 Å². The van der Waals surface area contributed by atoms with Crippen LogP contribution in [-0.4, -0.2) is 73.4 Å². The fourth-order valence-electron chi connectivity index (χ4n) is 3.67. The van der Waals surface area contributed by atoms with E-state index >= 15 is 0 Å². The third-order valence-electron chi connectivity index (χ3n) is 5.28. The zero-order valence-corrected chi connectivity index (χ0v) is 17.1. The highest BCUT2D eigenvalue weighted by Gasteiger charge is 2.24. The van der Waals surface area contributed by atoms with E-state index in [1.165, 1.54) is 0 Å². The quantitative estimate of drug-likeness (QED) is 0.858. The Morgan fingerprint density at radius 2 is 1.72 bits per heavy atom. The fourth-order valence-corrected chi connectivity index (χ4v) is 3.67. The molecule has 2 amide bonds. The number of rotatable bonds is 3. The lowest BCUT2D eigenvalue weighted by Crippen LogP contribution is -2.50. The zero-order chi connectivity index (χ0) is 20.2. The smallest absolute Gasteiger partial charge is 0.321 e. The van der Waals surface area contributed by atoms with Crippen molar-refractivity contribution in [2.24, 2.45) is 0 Å². The van der Waals surface area contributed by atoms with Crippen LogP contribution in [0.4, 0.5) is 22.2 Å². The number of anilines is 3. The first-order chi connectivity index (χ1) is 14.1. The molecule has 0 saturated carbocycles. The number of ether oxygens (including phenoxy) is 1. The number of piperazine rings is 1. The molecule has 0 aliphatic carbocycles. The topological polar surface area (TPSA) is 73.8 Å². The van der Waals surface area contributed by atoms with Gasteiger partial charge < -0.3 is 24.8 Å². The number of urea groups is 1. The Balaban J connectivity index is 1.38. The normalized spacial score (nSPS) is 17.4. The fraction of sp³-hybridized carbons (Fsp3) is 0.476. The van der Waals surface area contributed by atoms with Crippen molar-refractivity contribution in [2.75, 3.05) is 67.6 Å². The number of amides is 2. The minimum absolute atomic E-state index is 0.0607. The van der Waals surface area contributed by atoms with Crippen LogP contribution in [0.15, 0.2) is 30.3 Å². The number of nitrogens with zero attached hydrogens (tertiary/aromatic N) is 5. The molecule has 0 unspecified atom stereocenters. The molecule has 4 rings (SSSR count). The number of carbonyl (C=O) groups excluding carboxylic acids is 1. The summed E-state index contributed by atoms with van der Waals surface area (Å²) >= 11 is 0. The number of benzene rings is 1. The predicted molar refractivity (Wildman–Crippen MR) is 114 cm³/mol. The number of morpholine rings is 1. The van der Waals surface area contributed by atoms with Crippen molar-refractivity contribution >= 4 is 23.5 Å². The van der Waals surface area contributed by atoms with Crippen molar-refractivity contribution in [3.05, 3.63) is 41.6 Å². The minimum Gasteiger partial charge on any atom is -0.378 e. The van der Waals surface area contributed by atoms with Gasteiger partial charge in [0.15, 0.2) is 0 Å². The molecule has 154 valence electrons. The highest BCUT2D eigenvalue weighted by Crippen LogP contribution is 2.20. The largest absolute Gasteiger partial charge is 0.378 e. The van der Waals surface area contributed by atoms with Gasteiger partial charge in [-0.05, 0) is 31.5 Å². The van der Waals surface area contributed by atoms with Crippen LogP contribution in [0.25, 0.3) is 0 Å². The van der Waals surface area contributed by atoms with Crippen molar-refractivity contribution in [3.8, 4) is 0 Å². The van der Waals surface area contributed by atoms with E-state index in [0.29, 0.717) is 26.2 Å². The summed E-state index contributed by atoms with van der Waals surface area (Å²) < 4.78 is 5.44. The molecule has 8 nitrogen and oxygen atoms in total. The predicted octanol–water partition coefficient (Wildman–Crippen LogP) is 2.28. The summed E-state index contributed by atoms with van der Waals surface area (Å²) in [6, 6.07) is 9.82. The molecular formula is C21H28N6O2. The Bertz CT molecular complexity index is 860. The first kappa shape index (κ1) is 19.4. The number of aromatic nitrogens is 2. The molecule has 2 aliphatic rings. The Morgan fingerprint density at radius 3 is 2.45 bits per heavy atom. The molecular weight excluding hydrogens is 368 g/mol. The molecule has 29 heavy (non-hydrogen) atoms. The van der Waals surface area contributed by atoms with Gasteiger partial charge >= 0.3 is 6.03 Å². The highest BCUT2D eigenvalue weighted by molar-refractivity contribution is 5.89. The number of hydrogen-bond donors (Lipinski definition) is 1. The molecule has 1 aromatic heterocycles. The standard InChI is InChI=1S/C21H28N6O2/c1-16-4-3-5-18(14-16)23-21(28)27-8-6-26(7-9-27)20-22-17(2)15-19(24-20)25-10-12-29-13-11-25/h3-5,14-15H,6-13H2,1-2H3,(H,23,28). The Hall–Kier alpha value is -2.87. The van der Waals surface area contributed by atoms with Gasteiger partial charge in [0.1, 0.15) is 5.82 Å². The van der Waals surface area contributed by atoms with Crippen LogP contribution in [0, 0.1) is 13.8 Å². The molecule has 0 bridgehead atoms. The average Bonchev–Trinajstić information content (AvgIpc) is 2.74. The third-order valence-corrected chi connectivity index (χ3v) is 5.28. The summed E-state index contributed by atoms with van der Waals surface area (Å²) in [5.41, 5.74) is 2.91. The highest BCUT2D eigenvalue weighted by atomic mass is 16.5. The maximum atomic E-state index is 12.6. The first-order valence-electron chi connectivity index (χ1n) is 10.1. The van der Waals surface area contributed by atoms with Crippen LogP contribution in [-0.2, 0) is 4.74 Å². The molecule has 0 atom stereocenters. The lowest BCUT2D eigenvalue weighted by molar-refractivity contribution is 0.122. The van der Waals surface area contributed by atoms with Crippen LogP contribution in [0.2, 0.25) is 0 Å². The van der Waals surface area contributed by atoms with Gasteiger partial charge in [-0.1, -0.05) is 12.1 Å². The van der Waals surface area contributed by atoms with E-state index in [1.807, 2.05) is 49.1 Å². The molecule has 2 aromatic rings. The van der Waals surface area contributed by atoms with E-state index in [-0.39, 0.29) is 6.03 Å². The summed E-state index contributed by atoms with van der Waals surface area (Å²) in [6.07, 6.45) is 0. The molecule has 2 aliphatic heterocycles. The van der Waals surface area contributed by atoms with Gasteiger partial charge in [-0.15, -0.1) is 0 Å². The van der Waals surface area contributed by atoms with Crippen LogP contribution in [0.1, 0.15) is 11.3 Å². The van der Waals surface area contributed by atoms with Crippen molar-refractivity contribution in [1.82, 2.24) is 14.9 Å². The van der Waals surface area contributed by atoms with Crippen molar-refractivity contribution in [3.63, 3.8) is 0 Å². The zero-order valence-electron chi connectivity index (χ0n) is 17.1. The molecule has 0 radical (unpaired) electrons. The summed E-state index contributed by atoms with van der Waals surface area (Å²) in [6.45, 7) is 9.89. The van der Waals surface area contributed by atoms with E-state index in [9.17, 15) is 4.79 Å². The van der Waals surface area contributed by atoms with Gasteiger partial charge in [0.25, 0.3) is 0 Å². The lowest BCUT2D eigenvalue weighted by atomic mass is 10.2. The minimum atomic E-state index is -0.0607. The maximum Gasteiger partial charge on any atom is 0.321 e. The molecule has 2 fully saturated rings. The van der Waals surface area contributed by atoms with Crippen LogP contribution >= 0.6 is 0 Å². The molecule has 0 spiro atoms. The van der Waals surface area contributed by atoms with E-state index in [4.69, 9.17) is 9.72 Å². The molecule has 1 aromatic carbocycles. The SMILES string of the molecule is Cc1cccc(NC(=O)N2CCN(c3nc(C)cc(N4CCOCC4)n3)CC2)c1. The first-order valence-corrected chi connectivity index (χ1v) is 10.1. The Labute approximate surface area is 171 Å². The van der Waals surface area contributed by atoms with Gasteiger partial charge in [-0.2, -0.15) is 4.98 Å². The van der Waals surface area contributed by atoms with Crippen LogP contribution in [0.5, 0.6) is 0 Å².